The Morgan fingerprint density at radius 3 is 2.35 bits per heavy atom. The molecule has 1 aromatic rings. The van der Waals surface area contributed by atoms with Crippen LogP contribution in [-0.4, -0.2) is 12.6 Å². The molecule has 3 heteroatoms. The van der Waals surface area contributed by atoms with E-state index in [2.05, 4.69) is 39.8 Å². The molecule has 0 amide bonds. The van der Waals surface area contributed by atoms with E-state index in [1.807, 2.05) is 36.5 Å². The van der Waals surface area contributed by atoms with Crippen molar-refractivity contribution in [1.82, 2.24) is 0 Å². The van der Waals surface area contributed by atoms with Gasteiger partial charge in [0, 0.05) is 15.8 Å². The van der Waals surface area contributed by atoms with Gasteiger partial charge in [-0.25, -0.2) is 4.79 Å². The molecule has 0 unspecified atom stereocenters. The smallest absolute Gasteiger partial charge is 0.330 e. The van der Waals surface area contributed by atoms with E-state index < -0.39 is 0 Å². The summed E-state index contributed by atoms with van der Waals surface area (Å²) in [5, 5.41) is 0. The van der Waals surface area contributed by atoms with Crippen molar-refractivity contribution in [1.29, 1.82) is 0 Å². The van der Waals surface area contributed by atoms with Gasteiger partial charge in [-0.1, -0.05) is 29.9 Å². The Bertz CT molecular complexity index is 670. The molecule has 0 aromatic carbocycles. The molecular weight excluding hydrogens is 304 g/mol. The van der Waals surface area contributed by atoms with Gasteiger partial charge < -0.3 is 4.74 Å². The lowest BCUT2D eigenvalue weighted by Crippen LogP contribution is -1.99. The molecule has 0 aliphatic heterocycles. The number of rotatable bonds is 6. The van der Waals surface area contributed by atoms with E-state index in [4.69, 9.17) is 4.74 Å². The first-order valence-corrected chi connectivity index (χ1v) is 8.61. The molecule has 124 valence electrons. The monoisotopic (exact) mass is 330 g/mol. The van der Waals surface area contributed by atoms with Gasteiger partial charge in [0.1, 0.15) is 0 Å². The maximum Gasteiger partial charge on any atom is 0.330 e. The van der Waals surface area contributed by atoms with E-state index in [0.29, 0.717) is 6.61 Å². The third kappa shape index (κ3) is 6.41. The third-order valence-electron chi connectivity index (χ3n) is 3.57. The fourth-order valence-electron chi connectivity index (χ4n) is 1.96. The van der Waals surface area contributed by atoms with Gasteiger partial charge in [0.15, 0.2) is 0 Å². The molecule has 0 saturated carbocycles. The molecule has 1 aromatic heterocycles. The summed E-state index contributed by atoms with van der Waals surface area (Å²) in [5.74, 6) is -0.297. The molecule has 0 radical (unpaired) electrons. The summed E-state index contributed by atoms with van der Waals surface area (Å²) in [4.78, 5) is 14.0. The zero-order valence-corrected chi connectivity index (χ0v) is 15.7. The van der Waals surface area contributed by atoms with Crippen molar-refractivity contribution in [2.24, 2.45) is 0 Å². The van der Waals surface area contributed by atoms with Crippen molar-refractivity contribution in [3.8, 4) is 0 Å². The lowest BCUT2D eigenvalue weighted by atomic mass is 10.1. The van der Waals surface area contributed by atoms with Crippen molar-refractivity contribution in [2.75, 3.05) is 6.61 Å². The van der Waals surface area contributed by atoms with Crippen molar-refractivity contribution >= 4 is 23.4 Å². The Morgan fingerprint density at radius 2 is 1.78 bits per heavy atom. The number of allylic oxidation sites excluding steroid dienone is 6. The predicted octanol–water partition coefficient (Wildman–Crippen LogP) is 5.70. The molecule has 0 bridgehead atoms. The average molecular weight is 330 g/mol. The number of thiophene rings is 1. The minimum absolute atomic E-state index is 0.297. The first-order chi connectivity index (χ1) is 10.8. The van der Waals surface area contributed by atoms with Gasteiger partial charge in [-0.05, 0) is 64.3 Å². The van der Waals surface area contributed by atoms with Crippen LogP contribution >= 0.6 is 11.3 Å². The lowest BCUT2D eigenvalue weighted by Gasteiger charge is -1.96. The highest BCUT2D eigenvalue weighted by Gasteiger charge is 2.04. The Balaban J connectivity index is 2.70. The Hall–Kier alpha value is -1.87. The standard InChI is InChI=1S/C20H26O2S/c1-7-22-20(21)13-15(3)10-8-9-14(2)11-12-19-17(5)16(4)18(6)23-19/h8-13H,7H2,1-6H3. The number of aryl methyl sites for hydroxylation is 1. The summed E-state index contributed by atoms with van der Waals surface area (Å²) in [6.07, 6.45) is 11.7. The number of carbonyl (C=O) groups is 1. The van der Waals surface area contributed by atoms with Crippen LogP contribution in [0.4, 0.5) is 0 Å². The minimum atomic E-state index is -0.297. The van der Waals surface area contributed by atoms with E-state index in [1.165, 1.54) is 27.0 Å². The van der Waals surface area contributed by atoms with Crippen molar-refractivity contribution in [3.05, 3.63) is 62.4 Å². The molecule has 1 heterocycles. The number of hydrogen-bond donors (Lipinski definition) is 0. The molecule has 0 N–H and O–H groups in total. The normalized spacial score (nSPS) is 13.3. The highest BCUT2D eigenvalue weighted by molar-refractivity contribution is 7.13. The van der Waals surface area contributed by atoms with Gasteiger partial charge in [-0.2, -0.15) is 0 Å². The van der Waals surface area contributed by atoms with Crippen molar-refractivity contribution in [2.45, 2.75) is 41.5 Å². The average Bonchev–Trinajstić information content (AvgIpc) is 2.72. The van der Waals surface area contributed by atoms with E-state index in [9.17, 15) is 4.79 Å². The molecule has 0 aliphatic rings. The van der Waals surface area contributed by atoms with Crippen LogP contribution in [0.1, 0.15) is 41.7 Å². The first-order valence-electron chi connectivity index (χ1n) is 7.79. The number of ether oxygens (including phenoxy) is 1. The van der Waals surface area contributed by atoms with Crippen LogP contribution < -0.4 is 0 Å². The molecule has 0 fully saturated rings. The summed E-state index contributed by atoms with van der Waals surface area (Å²) in [5.41, 5.74) is 4.78. The minimum Gasteiger partial charge on any atom is -0.463 e. The number of hydrogen-bond acceptors (Lipinski definition) is 3. The van der Waals surface area contributed by atoms with Crippen LogP contribution in [0, 0.1) is 20.8 Å². The predicted molar refractivity (Wildman–Crippen MR) is 101 cm³/mol. The fourth-order valence-corrected chi connectivity index (χ4v) is 3.04. The second-order valence-electron chi connectivity index (χ2n) is 5.52. The molecule has 23 heavy (non-hydrogen) atoms. The van der Waals surface area contributed by atoms with Crippen LogP contribution in [0.5, 0.6) is 0 Å². The summed E-state index contributed by atoms with van der Waals surface area (Å²) >= 11 is 1.83. The number of carbonyl (C=O) groups excluding carboxylic acids is 1. The second kappa shape index (κ2) is 9.31. The maximum absolute atomic E-state index is 11.3. The van der Waals surface area contributed by atoms with Crippen molar-refractivity contribution in [3.63, 3.8) is 0 Å². The third-order valence-corrected chi connectivity index (χ3v) is 4.85. The van der Waals surface area contributed by atoms with Gasteiger partial charge in [0.2, 0.25) is 0 Å². The SMILES string of the molecule is CCOC(=O)C=C(C)C=CC=C(C)C=Cc1sc(C)c(C)c1C. The molecule has 1 rings (SSSR count). The van der Waals surface area contributed by atoms with Crippen molar-refractivity contribution < 1.29 is 9.53 Å². The molecule has 0 spiro atoms. The molecule has 0 aliphatic carbocycles. The van der Waals surface area contributed by atoms with Crippen LogP contribution in [0.15, 0.2) is 41.5 Å². The van der Waals surface area contributed by atoms with E-state index in [-0.39, 0.29) is 5.97 Å². The van der Waals surface area contributed by atoms with Crippen LogP contribution in [0.2, 0.25) is 0 Å². The highest BCUT2D eigenvalue weighted by atomic mass is 32.1. The molecule has 2 nitrogen and oxygen atoms in total. The summed E-state index contributed by atoms with van der Waals surface area (Å²) in [6.45, 7) is 12.6. The van der Waals surface area contributed by atoms with Gasteiger partial charge in [-0.3, -0.25) is 0 Å². The topological polar surface area (TPSA) is 26.3 Å². The lowest BCUT2D eigenvalue weighted by molar-refractivity contribution is -0.137. The Labute approximate surface area is 143 Å². The van der Waals surface area contributed by atoms with Crippen LogP contribution in [0.25, 0.3) is 6.08 Å². The first kappa shape index (κ1) is 19.2. The Kier molecular flexibility index (Phi) is 7.76. The van der Waals surface area contributed by atoms with Crippen LogP contribution in [-0.2, 0) is 9.53 Å². The largest absolute Gasteiger partial charge is 0.463 e. The van der Waals surface area contributed by atoms with Gasteiger partial charge >= 0.3 is 5.97 Å². The second-order valence-corrected chi connectivity index (χ2v) is 6.77. The number of esters is 1. The van der Waals surface area contributed by atoms with E-state index >= 15 is 0 Å². The summed E-state index contributed by atoms with van der Waals surface area (Å²) < 4.78 is 4.88. The maximum atomic E-state index is 11.3. The highest BCUT2D eigenvalue weighted by Crippen LogP contribution is 2.27. The van der Waals surface area contributed by atoms with Gasteiger partial charge in [0.05, 0.1) is 6.61 Å². The quantitative estimate of drug-likeness (QED) is 0.380. The summed E-state index contributed by atoms with van der Waals surface area (Å²) in [6, 6.07) is 0. The van der Waals surface area contributed by atoms with E-state index in [0.717, 1.165) is 11.1 Å². The van der Waals surface area contributed by atoms with E-state index in [1.54, 1.807) is 6.92 Å². The zero-order chi connectivity index (χ0) is 17.4. The molecular formula is C20H26O2S. The summed E-state index contributed by atoms with van der Waals surface area (Å²) in [7, 11) is 0. The van der Waals surface area contributed by atoms with Crippen LogP contribution in [0.3, 0.4) is 0 Å². The fraction of sp³-hybridized carbons (Fsp3) is 0.350. The zero-order valence-electron chi connectivity index (χ0n) is 14.9. The molecule has 0 saturated heterocycles. The molecule has 0 atom stereocenters. The van der Waals surface area contributed by atoms with Gasteiger partial charge in [0.25, 0.3) is 0 Å². The van der Waals surface area contributed by atoms with Gasteiger partial charge in [-0.15, -0.1) is 11.3 Å². The Morgan fingerprint density at radius 1 is 1.09 bits per heavy atom.